The van der Waals surface area contributed by atoms with Gasteiger partial charge >= 0.3 is 0 Å². The van der Waals surface area contributed by atoms with Crippen LogP contribution in [-0.4, -0.2) is 5.78 Å². The van der Waals surface area contributed by atoms with Crippen LogP contribution in [0.25, 0.3) is 0 Å². The van der Waals surface area contributed by atoms with E-state index in [4.69, 9.17) is 0 Å². The molecule has 0 heterocycles. The molecule has 1 atom stereocenters. The van der Waals surface area contributed by atoms with Crippen LogP contribution in [0.3, 0.4) is 0 Å². The minimum Gasteiger partial charge on any atom is -0.299 e. The number of ketones is 1. The molecule has 1 nitrogen and oxygen atoms in total. The smallest absolute Gasteiger partial charge is 0.138 e. The van der Waals surface area contributed by atoms with E-state index in [-0.39, 0.29) is 17.6 Å². The van der Waals surface area contributed by atoms with Gasteiger partial charge < -0.3 is 0 Å². The molecular weight excluding hydrogens is 276 g/mol. The van der Waals surface area contributed by atoms with Gasteiger partial charge in [0.15, 0.2) is 0 Å². The van der Waals surface area contributed by atoms with Crippen molar-refractivity contribution in [3.8, 4) is 0 Å². The Morgan fingerprint density at radius 1 is 1.24 bits per heavy atom. The van der Waals surface area contributed by atoms with E-state index in [9.17, 15) is 4.79 Å². The molecule has 1 aromatic carbocycles. The van der Waals surface area contributed by atoms with E-state index in [2.05, 4.69) is 40.2 Å². The van der Waals surface area contributed by atoms with Gasteiger partial charge in [0.25, 0.3) is 0 Å². The Hall–Kier alpha value is -1.15. The summed E-state index contributed by atoms with van der Waals surface area (Å²) in [6.45, 7) is 1.67. The quantitative estimate of drug-likeness (QED) is 0.761. The molecule has 0 aromatic heterocycles. The zero-order valence-corrected chi connectivity index (χ0v) is 11.4. The van der Waals surface area contributed by atoms with Crippen molar-refractivity contribution < 1.29 is 4.79 Å². The molecule has 0 N–H and O–H groups in total. The molecule has 1 aromatic rings. The Labute approximate surface area is 110 Å². The molecule has 0 spiro atoms. The van der Waals surface area contributed by atoms with Crippen LogP contribution in [0.5, 0.6) is 0 Å². The number of hydrogen-bond acceptors (Lipinski definition) is 1. The maximum absolute atomic E-state index is 11.8. The van der Waals surface area contributed by atoms with Gasteiger partial charge in [-0.2, -0.15) is 0 Å². The number of benzene rings is 1. The standard InChI is InChI=1S/C15H15BrO/c1-11(17)15(12-5-3-2-4-6-12)13-7-9-14(16)10-8-13/h3-10,12,15H,2H2,1H3. The molecule has 0 amide bonds. The van der Waals surface area contributed by atoms with Gasteiger partial charge in [-0.3, -0.25) is 4.79 Å². The maximum Gasteiger partial charge on any atom is 0.138 e. The zero-order valence-electron chi connectivity index (χ0n) is 9.77. The molecule has 2 rings (SSSR count). The largest absolute Gasteiger partial charge is 0.299 e. The molecule has 88 valence electrons. The molecule has 2 heteroatoms. The Morgan fingerprint density at radius 3 is 2.35 bits per heavy atom. The summed E-state index contributed by atoms with van der Waals surface area (Å²) in [5.41, 5.74) is 1.09. The minimum absolute atomic E-state index is 0.0594. The predicted octanol–water partition coefficient (Wildman–Crippen LogP) is 4.25. The van der Waals surface area contributed by atoms with Gasteiger partial charge in [-0.1, -0.05) is 52.4 Å². The van der Waals surface area contributed by atoms with Crippen molar-refractivity contribution >= 4 is 21.7 Å². The topological polar surface area (TPSA) is 17.1 Å². The molecule has 0 aliphatic heterocycles. The van der Waals surface area contributed by atoms with E-state index in [0.717, 1.165) is 16.5 Å². The van der Waals surface area contributed by atoms with Gasteiger partial charge in [-0.05, 0) is 31.0 Å². The highest BCUT2D eigenvalue weighted by Crippen LogP contribution is 2.30. The fraction of sp³-hybridized carbons (Fsp3) is 0.267. The van der Waals surface area contributed by atoms with E-state index in [1.807, 2.05) is 24.3 Å². The van der Waals surface area contributed by atoms with E-state index in [1.54, 1.807) is 6.92 Å². The number of hydrogen-bond donors (Lipinski definition) is 0. The van der Waals surface area contributed by atoms with E-state index in [0.29, 0.717) is 0 Å². The van der Waals surface area contributed by atoms with Gasteiger partial charge in [-0.15, -0.1) is 0 Å². The lowest BCUT2D eigenvalue weighted by atomic mass is 9.81. The zero-order chi connectivity index (χ0) is 12.3. The normalized spacial score (nSPS) is 17.1. The van der Waals surface area contributed by atoms with E-state index >= 15 is 0 Å². The lowest BCUT2D eigenvalue weighted by Gasteiger charge is -2.21. The van der Waals surface area contributed by atoms with Gasteiger partial charge in [0, 0.05) is 10.4 Å². The fourth-order valence-electron chi connectivity index (χ4n) is 2.23. The summed E-state index contributed by atoms with van der Waals surface area (Å²) in [5.74, 6) is 0.354. The SMILES string of the molecule is CC(=O)C(c1ccc(Br)cc1)C1C=CCC=C1. The molecular formula is C15H15BrO. The molecule has 1 unspecified atom stereocenters. The Bertz CT molecular complexity index is 444. The van der Waals surface area contributed by atoms with Crippen LogP contribution in [0.15, 0.2) is 53.0 Å². The number of halogens is 1. The number of Topliss-reactive ketones (excluding diaryl/α,β-unsaturated/α-hetero) is 1. The lowest BCUT2D eigenvalue weighted by Crippen LogP contribution is -2.17. The average molecular weight is 291 g/mol. The maximum atomic E-state index is 11.8. The number of carbonyl (C=O) groups is 1. The molecule has 0 saturated carbocycles. The first-order chi connectivity index (χ1) is 8.18. The van der Waals surface area contributed by atoms with E-state index in [1.165, 1.54) is 0 Å². The third-order valence-electron chi connectivity index (χ3n) is 3.04. The number of rotatable bonds is 3. The minimum atomic E-state index is -0.0594. The summed E-state index contributed by atoms with van der Waals surface area (Å²) in [7, 11) is 0. The summed E-state index contributed by atoms with van der Waals surface area (Å²) in [4.78, 5) is 11.8. The average Bonchev–Trinajstić information content (AvgIpc) is 2.33. The molecule has 0 bridgehead atoms. The molecule has 0 radical (unpaired) electrons. The lowest BCUT2D eigenvalue weighted by molar-refractivity contribution is -0.118. The molecule has 17 heavy (non-hydrogen) atoms. The summed E-state index contributed by atoms with van der Waals surface area (Å²) in [6.07, 6.45) is 9.49. The first kappa shape index (κ1) is 12.3. The van der Waals surface area contributed by atoms with Crippen molar-refractivity contribution in [2.24, 2.45) is 5.92 Å². The third-order valence-corrected chi connectivity index (χ3v) is 3.57. The van der Waals surface area contributed by atoms with Crippen LogP contribution in [0, 0.1) is 5.92 Å². The first-order valence-electron chi connectivity index (χ1n) is 5.77. The number of carbonyl (C=O) groups excluding carboxylic acids is 1. The summed E-state index contributed by atoms with van der Waals surface area (Å²) in [5, 5.41) is 0. The molecule has 0 fully saturated rings. The van der Waals surface area contributed by atoms with Gasteiger partial charge in [0.1, 0.15) is 5.78 Å². The monoisotopic (exact) mass is 290 g/mol. The molecule has 1 aliphatic carbocycles. The Morgan fingerprint density at radius 2 is 1.82 bits per heavy atom. The summed E-state index contributed by atoms with van der Waals surface area (Å²) < 4.78 is 1.04. The second-order valence-corrected chi connectivity index (χ2v) is 5.22. The Kier molecular flexibility index (Phi) is 3.95. The highest BCUT2D eigenvalue weighted by atomic mass is 79.9. The second kappa shape index (κ2) is 5.46. The second-order valence-electron chi connectivity index (χ2n) is 4.31. The molecule has 0 saturated heterocycles. The fourth-order valence-corrected chi connectivity index (χ4v) is 2.50. The summed E-state index contributed by atoms with van der Waals surface area (Å²) >= 11 is 3.41. The van der Waals surface area contributed by atoms with Gasteiger partial charge in [-0.25, -0.2) is 0 Å². The highest BCUT2D eigenvalue weighted by molar-refractivity contribution is 9.10. The van der Waals surface area contributed by atoms with Crippen LogP contribution in [-0.2, 0) is 4.79 Å². The third kappa shape index (κ3) is 2.95. The Balaban J connectivity index is 2.31. The summed E-state index contributed by atoms with van der Waals surface area (Å²) in [6, 6.07) is 8.02. The van der Waals surface area contributed by atoms with Crippen molar-refractivity contribution in [1.29, 1.82) is 0 Å². The predicted molar refractivity (Wildman–Crippen MR) is 74.0 cm³/mol. The van der Waals surface area contributed by atoms with Crippen molar-refractivity contribution in [1.82, 2.24) is 0 Å². The van der Waals surface area contributed by atoms with Crippen molar-refractivity contribution in [3.63, 3.8) is 0 Å². The van der Waals surface area contributed by atoms with Crippen molar-refractivity contribution in [2.45, 2.75) is 19.3 Å². The van der Waals surface area contributed by atoms with Crippen molar-refractivity contribution in [2.75, 3.05) is 0 Å². The van der Waals surface area contributed by atoms with Crippen molar-refractivity contribution in [3.05, 3.63) is 58.6 Å². The van der Waals surface area contributed by atoms with Crippen LogP contribution >= 0.6 is 15.9 Å². The van der Waals surface area contributed by atoms with Gasteiger partial charge in [0.05, 0.1) is 5.92 Å². The number of allylic oxidation sites excluding steroid dienone is 4. The van der Waals surface area contributed by atoms with Crippen LogP contribution in [0.2, 0.25) is 0 Å². The van der Waals surface area contributed by atoms with Crippen LogP contribution < -0.4 is 0 Å². The molecule has 1 aliphatic rings. The van der Waals surface area contributed by atoms with Gasteiger partial charge in [0.2, 0.25) is 0 Å². The van der Waals surface area contributed by atoms with Crippen LogP contribution in [0.4, 0.5) is 0 Å². The highest BCUT2D eigenvalue weighted by Gasteiger charge is 2.24. The first-order valence-corrected chi connectivity index (χ1v) is 6.57. The van der Waals surface area contributed by atoms with Crippen LogP contribution in [0.1, 0.15) is 24.8 Å². The van der Waals surface area contributed by atoms with E-state index < -0.39 is 0 Å².